The van der Waals surface area contributed by atoms with E-state index in [2.05, 4.69) is 26.6 Å². The van der Waals surface area contributed by atoms with Gasteiger partial charge < -0.3 is 20.0 Å². The lowest BCUT2D eigenvalue weighted by molar-refractivity contribution is 0.150. The van der Waals surface area contributed by atoms with E-state index < -0.39 is 0 Å². The van der Waals surface area contributed by atoms with E-state index in [1.165, 1.54) is 57.2 Å². The van der Waals surface area contributed by atoms with E-state index in [1.54, 1.807) is 0 Å². The number of aryl methyl sites for hydroxylation is 2. The Morgan fingerprint density at radius 1 is 1.21 bits per heavy atom. The molecule has 5 nitrogen and oxygen atoms in total. The molecule has 0 atom stereocenters. The van der Waals surface area contributed by atoms with Gasteiger partial charge in [0.1, 0.15) is 11.5 Å². The van der Waals surface area contributed by atoms with Crippen LogP contribution in [0.5, 0.6) is 0 Å². The third-order valence-corrected chi connectivity index (χ3v) is 5.53. The summed E-state index contributed by atoms with van der Waals surface area (Å²) in [4.78, 5) is 7.09. The number of guanidine groups is 1. The number of likely N-dealkylation sites (tertiary alicyclic amines) is 1. The van der Waals surface area contributed by atoms with Gasteiger partial charge in [-0.3, -0.25) is 4.99 Å². The molecule has 1 aliphatic carbocycles. The largest absolute Gasteiger partial charge is 0.466 e. The molecular formula is C19H32N4O. The summed E-state index contributed by atoms with van der Waals surface area (Å²) in [6.45, 7) is 7.20. The van der Waals surface area contributed by atoms with Crippen molar-refractivity contribution in [2.75, 3.05) is 20.1 Å². The third-order valence-electron chi connectivity index (χ3n) is 5.53. The van der Waals surface area contributed by atoms with Gasteiger partial charge in [0, 0.05) is 44.3 Å². The molecule has 2 fully saturated rings. The summed E-state index contributed by atoms with van der Waals surface area (Å²) in [6.07, 6.45) is 8.08. The number of hydrogen-bond acceptors (Lipinski definition) is 3. The smallest absolute Gasteiger partial charge is 0.191 e. The number of nitrogens with zero attached hydrogens (tertiary/aromatic N) is 2. The fourth-order valence-corrected chi connectivity index (χ4v) is 4.10. The van der Waals surface area contributed by atoms with Gasteiger partial charge in [0.05, 0.1) is 0 Å². The van der Waals surface area contributed by atoms with Crippen LogP contribution in [0.3, 0.4) is 0 Å². The van der Waals surface area contributed by atoms with Gasteiger partial charge in [0.2, 0.25) is 0 Å². The van der Waals surface area contributed by atoms with Gasteiger partial charge in [-0.05, 0) is 45.6 Å². The van der Waals surface area contributed by atoms with Crippen molar-refractivity contribution in [2.24, 2.45) is 4.99 Å². The summed E-state index contributed by atoms with van der Waals surface area (Å²) in [5.41, 5.74) is 1.20. The molecule has 134 valence electrons. The lowest BCUT2D eigenvalue weighted by Crippen LogP contribution is -2.50. The SMILES string of the molecule is CN=C(NCc1cc(C)oc1C)NC1CCN(C2CCCC2)CC1. The minimum atomic E-state index is 0.529. The second-order valence-corrected chi connectivity index (χ2v) is 7.26. The molecule has 0 radical (unpaired) electrons. The summed E-state index contributed by atoms with van der Waals surface area (Å²) >= 11 is 0. The third kappa shape index (κ3) is 4.32. The minimum absolute atomic E-state index is 0.529. The first-order valence-electron chi connectivity index (χ1n) is 9.43. The van der Waals surface area contributed by atoms with Crippen LogP contribution in [-0.2, 0) is 6.54 Å². The molecule has 1 aromatic heterocycles. The van der Waals surface area contributed by atoms with Crippen molar-refractivity contribution in [3.63, 3.8) is 0 Å². The van der Waals surface area contributed by atoms with E-state index in [0.717, 1.165) is 30.1 Å². The van der Waals surface area contributed by atoms with Gasteiger partial charge >= 0.3 is 0 Å². The Bertz CT molecular complexity index is 552. The highest BCUT2D eigenvalue weighted by Crippen LogP contribution is 2.26. The second-order valence-electron chi connectivity index (χ2n) is 7.26. The quantitative estimate of drug-likeness (QED) is 0.657. The van der Waals surface area contributed by atoms with Crippen molar-refractivity contribution in [1.29, 1.82) is 0 Å². The van der Waals surface area contributed by atoms with Crippen LogP contribution < -0.4 is 10.6 Å². The molecule has 1 saturated carbocycles. The van der Waals surface area contributed by atoms with Crippen LogP contribution >= 0.6 is 0 Å². The molecule has 1 saturated heterocycles. The number of hydrogen-bond donors (Lipinski definition) is 2. The summed E-state index contributed by atoms with van der Waals surface area (Å²) < 4.78 is 5.59. The molecule has 1 aromatic rings. The summed E-state index contributed by atoms with van der Waals surface area (Å²) in [6, 6.07) is 3.48. The Kier molecular flexibility index (Phi) is 5.82. The number of rotatable bonds is 4. The molecule has 0 bridgehead atoms. The maximum Gasteiger partial charge on any atom is 0.191 e. The molecule has 2 heterocycles. The van der Waals surface area contributed by atoms with Crippen LogP contribution in [0.15, 0.2) is 15.5 Å². The zero-order chi connectivity index (χ0) is 16.9. The molecule has 1 aliphatic heterocycles. The van der Waals surface area contributed by atoms with Crippen molar-refractivity contribution in [3.8, 4) is 0 Å². The molecule has 0 spiro atoms. The predicted octanol–water partition coefficient (Wildman–Crippen LogP) is 2.97. The normalized spacial score (nSPS) is 21.4. The molecule has 2 N–H and O–H groups in total. The zero-order valence-electron chi connectivity index (χ0n) is 15.4. The second kappa shape index (κ2) is 8.06. The highest BCUT2D eigenvalue weighted by molar-refractivity contribution is 5.80. The average Bonchev–Trinajstić information content (AvgIpc) is 3.22. The summed E-state index contributed by atoms with van der Waals surface area (Å²) in [5, 5.41) is 7.01. The fourth-order valence-electron chi connectivity index (χ4n) is 4.10. The monoisotopic (exact) mass is 332 g/mol. The van der Waals surface area contributed by atoms with E-state index in [1.807, 2.05) is 20.9 Å². The number of piperidine rings is 1. The first-order chi connectivity index (χ1) is 11.7. The van der Waals surface area contributed by atoms with Gasteiger partial charge in [-0.25, -0.2) is 0 Å². The van der Waals surface area contributed by atoms with Gasteiger partial charge in [-0.15, -0.1) is 0 Å². The number of nitrogens with one attached hydrogen (secondary N) is 2. The van der Waals surface area contributed by atoms with Crippen molar-refractivity contribution in [3.05, 3.63) is 23.2 Å². The van der Waals surface area contributed by atoms with Crippen molar-refractivity contribution in [2.45, 2.75) is 71.0 Å². The Morgan fingerprint density at radius 3 is 2.50 bits per heavy atom. The van der Waals surface area contributed by atoms with E-state index in [4.69, 9.17) is 4.42 Å². The van der Waals surface area contributed by atoms with Crippen LogP contribution in [0.2, 0.25) is 0 Å². The van der Waals surface area contributed by atoms with Gasteiger partial charge in [-0.2, -0.15) is 0 Å². The molecule has 3 rings (SSSR count). The van der Waals surface area contributed by atoms with Gasteiger partial charge in [0.25, 0.3) is 0 Å². The number of aliphatic imine (C=N–C) groups is 1. The van der Waals surface area contributed by atoms with Crippen LogP contribution in [-0.4, -0.2) is 43.1 Å². The van der Waals surface area contributed by atoms with E-state index in [9.17, 15) is 0 Å². The van der Waals surface area contributed by atoms with Crippen molar-refractivity contribution in [1.82, 2.24) is 15.5 Å². The van der Waals surface area contributed by atoms with Crippen LogP contribution in [0.25, 0.3) is 0 Å². The standard InChI is InChI=1S/C19H32N4O/c1-14-12-16(15(2)24-14)13-21-19(20-3)22-17-8-10-23(11-9-17)18-6-4-5-7-18/h12,17-18H,4-11,13H2,1-3H3,(H2,20,21,22). The Hall–Kier alpha value is -1.49. The molecule has 0 aromatic carbocycles. The number of furan rings is 1. The molecule has 0 unspecified atom stereocenters. The van der Waals surface area contributed by atoms with Crippen LogP contribution in [0.4, 0.5) is 0 Å². The molecule has 24 heavy (non-hydrogen) atoms. The van der Waals surface area contributed by atoms with Crippen LogP contribution in [0.1, 0.15) is 55.6 Å². The first kappa shape index (κ1) is 17.3. The lowest BCUT2D eigenvalue weighted by atomic mass is 10.0. The molecule has 0 amide bonds. The van der Waals surface area contributed by atoms with E-state index in [-0.39, 0.29) is 0 Å². The van der Waals surface area contributed by atoms with Crippen molar-refractivity contribution < 1.29 is 4.42 Å². The van der Waals surface area contributed by atoms with Gasteiger partial charge in [-0.1, -0.05) is 12.8 Å². The van der Waals surface area contributed by atoms with E-state index in [0.29, 0.717) is 6.04 Å². The lowest BCUT2D eigenvalue weighted by Gasteiger charge is -2.36. The zero-order valence-corrected chi connectivity index (χ0v) is 15.4. The van der Waals surface area contributed by atoms with Crippen molar-refractivity contribution >= 4 is 5.96 Å². The first-order valence-corrected chi connectivity index (χ1v) is 9.43. The Labute approximate surface area is 145 Å². The molecular weight excluding hydrogens is 300 g/mol. The summed E-state index contributed by atoms with van der Waals surface area (Å²) in [5.74, 6) is 2.85. The fraction of sp³-hybridized carbons (Fsp3) is 0.737. The topological polar surface area (TPSA) is 52.8 Å². The summed E-state index contributed by atoms with van der Waals surface area (Å²) in [7, 11) is 1.84. The minimum Gasteiger partial charge on any atom is -0.466 e. The predicted molar refractivity (Wildman–Crippen MR) is 98.4 cm³/mol. The van der Waals surface area contributed by atoms with E-state index >= 15 is 0 Å². The average molecular weight is 332 g/mol. The maximum absolute atomic E-state index is 5.59. The Balaban J connectivity index is 1.43. The molecule has 5 heteroatoms. The van der Waals surface area contributed by atoms with Gasteiger partial charge in [0.15, 0.2) is 5.96 Å². The highest BCUT2D eigenvalue weighted by atomic mass is 16.3. The maximum atomic E-state index is 5.59. The highest BCUT2D eigenvalue weighted by Gasteiger charge is 2.27. The Morgan fingerprint density at radius 2 is 1.92 bits per heavy atom. The van der Waals surface area contributed by atoms with Crippen LogP contribution in [0, 0.1) is 13.8 Å². The molecule has 2 aliphatic rings.